The Morgan fingerprint density at radius 1 is 0.289 bits per heavy atom. The van der Waals surface area contributed by atoms with Crippen molar-refractivity contribution in [1.82, 2.24) is 0 Å². The third-order valence-corrected chi connectivity index (χ3v) is 20.3. The number of hydrogen-bond donors (Lipinski definition) is 3. The number of carbonyl (C=O) groups is 4. The zero-order valence-electron chi connectivity index (χ0n) is 63.7. The van der Waals surface area contributed by atoms with Gasteiger partial charge < -0.3 is 33.8 Å². The molecule has 0 aromatic rings. The van der Waals surface area contributed by atoms with E-state index in [4.69, 9.17) is 37.0 Å². The van der Waals surface area contributed by atoms with Crippen LogP contribution in [0, 0.1) is 23.7 Å². The standard InChI is InChI=1S/C78H152O17P2/c1-9-71(8)57-49-41-36-37-45-53-61-78(83)95-74(65-89-76(81)59-51-43-34-29-28-32-40-48-56-70(6)7)67-93-97(86,87)91-63-72(79)62-90-96(84,85)92-66-73(94-77(82)60-52-44-35-27-23-19-18-21-25-31-39-47-55-69(4)5)64-88-75(80)58-50-42-33-26-22-17-15-13-11-10-12-14-16-20-24-30-38-46-54-68(2)3/h68-74,79H,9-67H2,1-8H3,(H,84,85)(H,86,87)/t71?,72?,73-,74-/m1/s1. The molecule has 19 heteroatoms. The van der Waals surface area contributed by atoms with Crippen LogP contribution in [0.25, 0.3) is 0 Å². The summed E-state index contributed by atoms with van der Waals surface area (Å²) in [5, 5.41) is 10.6. The number of aliphatic hydroxyl groups is 1. The molecular weight excluding hydrogens is 1270 g/mol. The molecule has 0 aromatic carbocycles. The second-order valence-corrected chi connectivity index (χ2v) is 32.7. The largest absolute Gasteiger partial charge is 0.472 e. The minimum absolute atomic E-state index is 0.102. The number of esters is 4. The third kappa shape index (κ3) is 70.9. The lowest BCUT2D eigenvalue weighted by molar-refractivity contribution is -0.161. The molecular formula is C78H152O17P2. The van der Waals surface area contributed by atoms with E-state index < -0.39 is 97.5 Å². The van der Waals surface area contributed by atoms with Crippen molar-refractivity contribution in [1.29, 1.82) is 0 Å². The predicted molar refractivity (Wildman–Crippen MR) is 395 cm³/mol. The summed E-state index contributed by atoms with van der Waals surface area (Å²) in [5.74, 6) is 0.924. The molecule has 0 saturated carbocycles. The van der Waals surface area contributed by atoms with Gasteiger partial charge >= 0.3 is 39.5 Å². The van der Waals surface area contributed by atoms with Gasteiger partial charge in [0.25, 0.3) is 0 Å². The first-order chi connectivity index (χ1) is 46.6. The molecule has 0 radical (unpaired) electrons. The number of ether oxygens (including phenoxy) is 4. The van der Waals surface area contributed by atoms with Crippen LogP contribution in [0.2, 0.25) is 0 Å². The molecule has 0 aliphatic carbocycles. The van der Waals surface area contributed by atoms with Gasteiger partial charge in [-0.25, -0.2) is 9.13 Å². The SMILES string of the molecule is CCC(C)CCCCCCCCC(=O)O[C@H](COC(=O)CCCCCCCCCCC(C)C)COP(=O)(O)OCC(O)COP(=O)(O)OC[C@@H](COC(=O)CCCCCCCCCCCCCCCCCCCCC(C)C)OC(=O)CCCCCCCCCCCCCCC(C)C. The van der Waals surface area contributed by atoms with Crippen LogP contribution in [-0.4, -0.2) is 96.7 Å². The van der Waals surface area contributed by atoms with Gasteiger partial charge in [0.1, 0.15) is 19.3 Å². The fourth-order valence-electron chi connectivity index (χ4n) is 11.9. The van der Waals surface area contributed by atoms with Crippen molar-refractivity contribution < 1.29 is 80.2 Å². The van der Waals surface area contributed by atoms with E-state index in [2.05, 4.69) is 55.4 Å². The normalized spacial score (nSPS) is 14.4. The second kappa shape index (κ2) is 67.2. The van der Waals surface area contributed by atoms with E-state index in [1.54, 1.807) is 0 Å². The average molecular weight is 1420 g/mol. The topological polar surface area (TPSA) is 237 Å². The summed E-state index contributed by atoms with van der Waals surface area (Å²) in [4.78, 5) is 72.8. The Morgan fingerprint density at radius 3 is 0.732 bits per heavy atom. The summed E-state index contributed by atoms with van der Waals surface area (Å²) in [5.41, 5.74) is 0. The second-order valence-electron chi connectivity index (χ2n) is 29.8. The highest BCUT2D eigenvalue weighted by Crippen LogP contribution is 2.45. The summed E-state index contributed by atoms with van der Waals surface area (Å²) < 4.78 is 68.5. The lowest BCUT2D eigenvalue weighted by atomic mass is 10.00. The Labute approximate surface area is 594 Å². The Morgan fingerprint density at radius 2 is 0.495 bits per heavy atom. The molecule has 576 valence electrons. The Kier molecular flexibility index (Phi) is 65.9. The first kappa shape index (κ1) is 95.1. The smallest absolute Gasteiger partial charge is 0.462 e. The molecule has 0 heterocycles. The molecule has 3 N–H and O–H groups in total. The molecule has 6 atom stereocenters. The quantitative estimate of drug-likeness (QED) is 0.0222. The summed E-state index contributed by atoms with van der Waals surface area (Å²) in [6.45, 7) is 14.2. The van der Waals surface area contributed by atoms with Gasteiger partial charge in [0.2, 0.25) is 0 Å². The third-order valence-electron chi connectivity index (χ3n) is 18.4. The zero-order valence-corrected chi connectivity index (χ0v) is 65.5. The van der Waals surface area contributed by atoms with Gasteiger partial charge in [0, 0.05) is 25.7 Å². The van der Waals surface area contributed by atoms with Gasteiger partial charge in [-0.1, -0.05) is 344 Å². The summed E-state index contributed by atoms with van der Waals surface area (Å²) in [6, 6.07) is 0. The molecule has 0 spiro atoms. The van der Waals surface area contributed by atoms with Crippen molar-refractivity contribution in [3.63, 3.8) is 0 Å². The van der Waals surface area contributed by atoms with Crippen molar-refractivity contribution in [2.24, 2.45) is 23.7 Å². The molecule has 0 bridgehead atoms. The number of aliphatic hydroxyl groups excluding tert-OH is 1. The minimum atomic E-state index is -4.96. The highest BCUT2D eigenvalue weighted by atomic mass is 31.2. The van der Waals surface area contributed by atoms with Crippen LogP contribution in [0.3, 0.4) is 0 Å². The Bertz CT molecular complexity index is 1900. The first-order valence-corrected chi connectivity index (χ1v) is 43.2. The van der Waals surface area contributed by atoms with Gasteiger partial charge in [0.15, 0.2) is 12.2 Å². The fourth-order valence-corrected chi connectivity index (χ4v) is 13.5. The lowest BCUT2D eigenvalue weighted by Crippen LogP contribution is -2.30. The highest BCUT2D eigenvalue weighted by molar-refractivity contribution is 7.47. The fraction of sp³-hybridized carbons (Fsp3) is 0.949. The van der Waals surface area contributed by atoms with Gasteiger partial charge in [0.05, 0.1) is 26.4 Å². The van der Waals surface area contributed by atoms with Crippen molar-refractivity contribution in [2.45, 2.75) is 414 Å². The van der Waals surface area contributed by atoms with Crippen LogP contribution < -0.4 is 0 Å². The molecule has 0 aliphatic heterocycles. The van der Waals surface area contributed by atoms with Crippen molar-refractivity contribution >= 4 is 39.5 Å². The zero-order chi connectivity index (χ0) is 71.7. The Hall–Kier alpha value is -1.94. The van der Waals surface area contributed by atoms with Crippen LogP contribution in [0.5, 0.6) is 0 Å². The van der Waals surface area contributed by atoms with Crippen molar-refractivity contribution in [3.8, 4) is 0 Å². The van der Waals surface area contributed by atoms with Crippen molar-refractivity contribution in [2.75, 3.05) is 39.6 Å². The maximum atomic E-state index is 13.1. The molecule has 0 aromatic heterocycles. The molecule has 4 unspecified atom stereocenters. The number of carbonyl (C=O) groups excluding carboxylic acids is 4. The van der Waals surface area contributed by atoms with Crippen LogP contribution in [0.4, 0.5) is 0 Å². The molecule has 0 amide bonds. The molecule has 0 rings (SSSR count). The first-order valence-electron chi connectivity index (χ1n) is 40.2. The monoisotopic (exact) mass is 1420 g/mol. The van der Waals surface area contributed by atoms with Gasteiger partial charge in [-0.3, -0.25) is 37.3 Å². The molecule has 0 fully saturated rings. The van der Waals surface area contributed by atoms with Gasteiger partial charge in [-0.15, -0.1) is 0 Å². The molecule has 17 nitrogen and oxygen atoms in total. The van der Waals surface area contributed by atoms with E-state index in [1.165, 1.54) is 199 Å². The number of phosphoric ester groups is 2. The van der Waals surface area contributed by atoms with Gasteiger partial charge in [-0.2, -0.15) is 0 Å². The predicted octanol–water partition coefficient (Wildman–Crippen LogP) is 22.8. The average Bonchev–Trinajstić information content (AvgIpc) is 1.46. The summed E-state index contributed by atoms with van der Waals surface area (Å²) in [7, 11) is -9.91. The van der Waals surface area contributed by atoms with Crippen LogP contribution in [0.1, 0.15) is 396 Å². The van der Waals surface area contributed by atoms with E-state index in [0.29, 0.717) is 25.7 Å². The van der Waals surface area contributed by atoms with E-state index in [1.807, 2.05) is 0 Å². The lowest BCUT2D eigenvalue weighted by Gasteiger charge is -2.21. The van der Waals surface area contributed by atoms with E-state index in [0.717, 1.165) is 114 Å². The minimum Gasteiger partial charge on any atom is -0.462 e. The molecule has 0 aliphatic rings. The van der Waals surface area contributed by atoms with Crippen molar-refractivity contribution in [3.05, 3.63) is 0 Å². The van der Waals surface area contributed by atoms with Crippen LogP contribution >= 0.6 is 15.6 Å². The Balaban J connectivity index is 5.19. The highest BCUT2D eigenvalue weighted by Gasteiger charge is 2.30. The van der Waals surface area contributed by atoms with E-state index in [9.17, 15) is 43.2 Å². The maximum absolute atomic E-state index is 13.1. The van der Waals surface area contributed by atoms with E-state index in [-0.39, 0.29) is 25.7 Å². The van der Waals surface area contributed by atoms with Gasteiger partial charge in [-0.05, 0) is 49.4 Å². The number of rotatable bonds is 75. The number of phosphoric acid groups is 2. The van der Waals surface area contributed by atoms with Crippen LogP contribution in [0.15, 0.2) is 0 Å². The van der Waals surface area contributed by atoms with E-state index >= 15 is 0 Å². The molecule has 97 heavy (non-hydrogen) atoms. The number of hydrogen-bond acceptors (Lipinski definition) is 15. The number of unbranched alkanes of at least 4 members (excludes halogenated alkanes) is 40. The molecule has 0 saturated heterocycles. The maximum Gasteiger partial charge on any atom is 0.472 e. The summed E-state index contributed by atoms with van der Waals surface area (Å²) >= 11 is 0. The summed E-state index contributed by atoms with van der Waals surface area (Å²) in [6.07, 6.45) is 52.9. The van der Waals surface area contributed by atoms with Crippen LogP contribution in [-0.2, 0) is 65.4 Å².